The number of rotatable bonds is 6. The van der Waals surface area contributed by atoms with E-state index in [0.717, 1.165) is 30.6 Å². The first-order valence-corrected chi connectivity index (χ1v) is 5.51. The van der Waals surface area contributed by atoms with E-state index < -0.39 is 0 Å². The number of allylic oxidation sites excluding steroid dienone is 1. The first kappa shape index (κ1) is 12.6. The summed E-state index contributed by atoms with van der Waals surface area (Å²) in [6.45, 7) is 3.53. The van der Waals surface area contributed by atoms with Crippen LogP contribution in [0.3, 0.4) is 0 Å². The molecule has 0 spiro atoms. The molecular formula is C14H19NO. The number of ether oxygens (including phenoxy) is 1. The molecule has 0 unspecified atom stereocenters. The summed E-state index contributed by atoms with van der Waals surface area (Å²) in [5.41, 5.74) is 10.00. The van der Waals surface area contributed by atoms with Crippen LogP contribution in [-0.2, 0) is 0 Å². The van der Waals surface area contributed by atoms with Gasteiger partial charge in [-0.15, -0.1) is 5.73 Å². The summed E-state index contributed by atoms with van der Waals surface area (Å²) in [7, 11) is 1.66. The van der Waals surface area contributed by atoms with Gasteiger partial charge in [-0.05, 0) is 43.0 Å². The monoisotopic (exact) mass is 217 g/mol. The Bertz CT molecular complexity index is 350. The van der Waals surface area contributed by atoms with Gasteiger partial charge < -0.3 is 10.5 Å². The Kier molecular flexibility index (Phi) is 5.41. The lowest BCUT2D eigenvalue weighted by Crippen LogP contribution is -2.09. The third kappa shape index (κ3) is 3.93. The summed E-state index contributed by atoms with van der Waals surface area (Å²) in [6, 6.07) is 8.03. The molecule has 0 heterocycles. The highest BCUT2D eigenvalue weighted by Gasteiger charge is 2.04. The summed E-state index contributed by atoms with van der Waals surface area (Å²) >= 11 is 0. The van der Waals surface area contributed by atoms with Crippen molar-refractivity contribution in [3.8, 4) is 5.75 Å². The van der Waals surface area contributed by atoms with Gasteiger partial charge in [0.1, 0.15) is 5.75 Å². The second-order valence-electron chi connectivity index (χ2n) is 3.72. The molecule has 0 radical (unpaired) electrons. The highest BCUT2D eigenvalue weighted by atomic mass is 16.5. The molecule has 0 aliphatic rings. The Balaban J connectivity index is 2.45. The van der Waals surface area contributed by atoms with Crippen LogP contribution in [0.25, 0.3) is 0 Å². The zero-order valence-electron chi connectivity index (χ0n) is 9.78. The molecule has 2 heteroatoms. The van der Waals surface area contributed by atoms with E-state index in [9.17, 15) is 0 Å². The van der Waals surface area contributed by atoms with Crippen molar-refractivity contribution in [1.29, 1.82) is 0 Å². The van der Waals surface area contributed by atoms with E-state index in [-0.39, 0.29) is 6.04 Å². The van der Waals surface area contributed by atoms with Crippen molar-refractivity contribution in [1.82, 2.24) is 0 Å². The largest absolute Gasteiger partial charge is 0.497 e. The molecule has 1 aromatic carbocycles. The van der Waals surface area contributed by atoms with E-state index in [4.69, 9.17) is 10.5 Å². The summed E-state index contributed by atoms with van der Waals surface area (Å²) in [6.07, 6.45) is 4.98. The lowest BCUT2D eigenvalue weighted by atomic mass is 10.0. The summed E-state index contributed by atoms with van der Waals surface area (Å²) in [5, 5.41) is 0. The minimum atomic E-state index is 0.101. The third-order valence-electron chi connectivity index (χ3n) is 2.55. The fraction of sp³-hybridized carbons (Fsp3) is 0.357. The van der Waals surface area contributed by atoms with Gasteiger partial charge in [0, 0.05) is 6.04 Å². The summed E-state index contributed by atoms with van der Waals surface area (Å²) in [5.74, 6) is 0.866. The molecule has 2 N–H and O–H groups in total. The first-order valence-electron chi connectivity index (χ1n) is 5.51. The molecule has 0 bridgehead atoms. The zero-order chi connectivity index (χ0) is 11.8. The van der Waals surface area contributed by atoms with Crippen LogP contribution in [0.15, 0.2) is 42.7 Å². The second kappa shape index (κ2) is 6.89. The number of methoxy groups -OCH3 is 1. The molecule has 0 saturated carbocycles. The summed E-state index contributed by atoms with van der Waals surface area (Å²) in [4.78, 5) is 0. The second-order valence-corrected chi connectivity index (χ2v) is 3.72. The van der Waals surface area contributed by atoms with Crippen molar-refractivity contribution in [3.05, 3.63) is 48.2 Å². The van der Waals surface area contributed by atoms with E-state index in [1.165, 1.54) is 0 Å². The van der Waals surface area contributed by atoms with Crippen molar-refractivity contribution in [2.24, 2.45) is 5.73 Å². The van der Waals surface area contributed by atoms with Gasteiger partial charge in [0.15, 0.2) is 0 Å². The molecule has 0 aromatic heterocycles. The van der Waals surface area contributed by atoms with Crippen LogP contribution in [-0.4, -0.2) is 7.11 Å². The Morgan fingerprint density at radius 3 is 2.69 bits per heavy atom. The van der Waals surface area contributed by atoms with Crippen LogP contribution in [0.2, 0.25) is 0 Å². The number of nitrogens with two attached hydrogens (primary N) is 1. The quantitative estimate of drug-likeness (QED) is 0.586. The molecule has 0 fully saturated rings. The number of hydrogen-bond donors (Lipinski definition) is 1. The first-order chi connectivity index (χ1) is 7.77. The van der Waals surface area contributed by atoms with Crippen molar-refractivity contribution >= 4 is 0 Å². The van der Waals surface area contributed by atoms with Crippen molar-refractivity contribution in [3.63, 3.8) is 0 Å². The Morgan fingerprint density at radius 2 is 2.12 bits per heavy atom. The van der Waals surface area contributed by atoms with Crippen molar-refractivity contribution < 1.29 is 4.74 Å². The number of benzene rings is 1. The molecule has 2 nitrogen and oxygen atoms in total. The normalized spacial score (nSPS) is 11.6. The molecule has 0 aliphatic carbocycles. The van der Waals surface area contributed by atoms with E-state index in [2.05, 4.69) is 12.3 Å². The van der Waals surface area contributed by atoms with Crippen LogP contribution in [0, 0.1) is 0 Å². The maximum absolute atomic E-state index is 6.08. The highest BCUT2D eigenvalue weighted by Crippen LogP contribution is 2.19. The molecule has 16 heavy (non-hydrogen) atoms. The van der Waals surface area contributed by atoms with Gasteiger partial charge >= 0.3 is 0 Å². The maximum atomic E-state index is 6.08. The van der Waals surface area contributed by atoms with Gasteiger partial charge in [-0.25, -0.2) is 0 Å². The van der Waals surface area contributed by atoms with Gasteiger partial charge in [0.25, 0.3) is 0 Å². The van der Waals surface area contributed by atoms with Crippen LogP contribution >= 0.6 is 0 Å². The average molecular weight is 217 g/mol. The topological polar surface area (TPSA) is 35.2 Å². The van der Waals surface area contributed by atoms with E-state index >= 15 is 0 Å². The predicted molar refractivity (Wildman–Crippen MR) is 67.5 cm³/mol. The Hall–Kier alpha value is -1.50. The predicted octanol–water partition coefficient (Wildman–Crippen LogP) is 3.21. The van der Waals surface area contributed by atoms with Crippen LogP contribution in [0.4, 0.5) is 0 Å². The van der Waals surface area contributed by atoms with Gasteiger partial charge in [-0.1, -0.05) is 18.7 Å². The SMILES string of the molecule is C=C=CCCC[C@H](N)c1ccc(OC)cc1. The highest BCUT2D eigenvalue weighted by molar-refractivity contribution is 5.28. The van der Waals surface area contributed by atoms with Crippen LogP contribution in [0.1, 0.15) is 30.9 Å². The molecule has 0 amide bonds. The number of unbranched alkanes of at least 4 members (excludes halogenated alkanes) is 1. The Labute approximate surface area is 97.4 Å². The lowest BCUT2D eigenvalue weighted by molar-refractivity contribution is 0.414. The van der Waals surface area contributed by atoms with Gasteiger partial charge in [0.05, 0.1) is 7.11 Å². The molecule has 0 saturated heterocycles. The van der Waals surface area contributed by atoms with E-state index in [1.54, 1.807) is 7.11 Å². The van der Waals surface area contributed by atoms with Crippen LogP contribution in [0.5, 0.6) is 5.75 Å². The smallest absolute Gasteiger partial charge is 0.118 e. The molecule has 1 aromatic rings. The minimum absolute atomic E-state index is 0.101. The van der Waals surface area contributed by atoms with Crippen molar-refractivity contribution in [2.45, 2.75) is 25.3 Å². The maximum Gasteiger partial charge on any atom is 0.118 e. The summed E-state index contributed by atoms with van der Waals surface area (Å²) < 4.78 is 5.10. The third-order valence-corrected chi connectivity index (χ3v) is 2.55. The average Bonchev–Trinajstić information content (AvgIpc) is 2.34. The molecule has 1 rings (SSSR count). The number of hydrogen-bond acceptors (Lipinski definition) is 2. The molecule has 0 aliphatic heterocycles. The van der Waals surface area contributed by atoms with Crippen molar-refractivity contribution in [2.75, 3.05) is 7.11 Å². The standard InChI is InChI=1S/C14H19NO/c1-3-4-5-6-7-14(15)12-8-10-13(16-2)11-9-12/h4,8-11,14H,1,5-7,15H2,2H3/t14-/m0/s1. The van der Waals surface area contributed by atoms with Gasteiger partial charge in [0.2, 0.25) is 0 Å². The zero-order valence-corrected chi connectivity index (χ0v) is 9.78. The van der Waals surface area contributed by atoms with E-state index in [1.807, 2.05) is 30.3 Å². The fourth-order valence-electron chi connectivity index (χ4n) is 1.56. The fourth-order valence-corrected chi connectivity index (χ4v) is 1.56. The van der Waals surface area contributed by atoms with Gasteiger partial charge in [-0.2, -0.15) is 0 Å². The molecule has 86 valence electrons. The lowest BCUT2D eigenvalue weighted by Gasteiger charge is -2.11. The molecular weight excluding hydrogens is 198 g/mol. The van der Waals surface area contributed by atoms with Crippen LogP contribution < -0.4 is 10.5 Å². The Morgan fingerprint density at radius 1 is 1.44 bits per heavy atom. The van der Waals surface area contributed by atoms with E-state index in [0.29, 0.717) is 0 Å². The minimum Gasteiger partial charge on any atom is -0.497 e. The molecule has 1 atom stereocenters. The van der Waals surface area contributed by atoms with Gasteiger partial charge in [-0.3, -0.25) is 0 Å².